The Morgan fingerprint density at radius 2 is 2.24 bits per heavy atom. The largest absolute Gasteiger partial charge is 0.350 e. The molecule has 0 aliphatic carbocycles. The summed E-state index contributed by atoms with van der Waals surface area (Å²) < 4.78 is 0. The van der Waals surface area contributed by atoms with Crippen molar-refractivity contribution in [2.75, 3.05) is 13.1 Å². The number of amides is 1. The van der Waals surface area contributed by atoms with Gasteiger partial charge in [-0.1, -0.05) is 22.7 Å². The number of benzene rings is 1. The van der Waals surface area contributed by atoms with Crippen LogP contribution < -0.4 is 5.73 Å². The molecule has 0 spiro atoms. The third-order valence-electron chi connectivity index (χ3n) is 2.61. The number of nitrogens with zero attached hydrogens (tertiary/aromatic N) is 3. The number of hydrogen-bond acceptors (Lipinski definition) is 6. The van der Waals surface area contributed by atoms with Gasteiger partial charge < -0.3 is 5.73 Å². The van der Waals surface area contributed by atoms with Crippen LogP contribution in [-0.2, 0) is 0 Å². The Balaban J connectivity index is 2.33. The standard InChI is InChI=1S/C11H10ClN4O4S/c12-8-2-1-7(5-9(8)16(19)20)6-10-15(18)14(4-3-13)11(17)21-10/h1-2,5-6H,3-4,13H2/q+1. The minimum absolute atomic E-state index is 0.000962. The van der Waals surface area contributed by atoms with Crippen LogP contribution in [0, 0.1) is 15.0 Å². The SMILES string of the molecule is NCCN1C(=O)SC(=Cc2ccc(Cl)c([N+](=O)[O-])c2)[N+]1=O. The van der Waals surface area contributed by atoms with Crippen LogP contribution in [0.25, 0.3) is 6.08 Å². The van der Waals surface area contributed by atoms with Crippen molar-refractivity contribution in [1.29, 1.82) is 0 Å². The number of nitro benzene ring substituents is 1. The van der Waals surface area contributed by atoms with Gasteiger partial charge in [0.25, 0.3) is 5.69 Å². The summed E-state index contributed by atoms with van der Waals surface area (Å²) in [6, 6.07) is 4.12. The fourth-order valence-corrected chi connectivity index (χ4v) is 2.67. The van der Waals surface area contributed by atoms with Gasteiger partial charge in [-0.05, 0) is 11.6 Å². The zero-order chi connectivity index (χ0) is 15.6. The van der Waals surface area contributed by atoms with Crippen molar-refractivity contribution in [2.24, 2.45) is 5.73 Å². The van der Waals surface area contributed by atoms with Crippen LogP contribution >= 0.6 is 23.4 Å². The van der Waals surface area contributed by atoms with Crippen molar-refractivity contribution in [3.63, 3.8) is 0 Å². The number of nitrogens with two attached hydrogens (primary N) is 1. The van der Waals surface area contributed by atoms with E-state index < -0.39 is 10.2 Å². The molecule has 0 aromatic heterocycles. The van der Waals surface area contributed by atoms with Gasteiger partial charge in [0.1, 0.15) is 11.6 Å². The lowest BCUT2D eigenvalue weighted by Gasteiger charge is -2.00. The van der Waals surface area contributed by atoms with Crippen LogP contribution in [0.2, 0.25) is 5.02 Å². The first kappa shape index (κ1) is 15.4. The Bertz CT molecular complexity index is 664. The van der Waals surface area contributed by atoms with Crippen LogP contribution in [-0.4, -0.2) is 33.1 Å². The molecule has 1 heterocycles. The van der Waals surface area contributed by atoms with E-state index in [1.54, 1.807) is 0 Å². The lowest BCUT2D eigenvalue weighted by atomic mass is 10.2. The third-order valence-corrected chi connectivity index (χ3v) is 3.80. The smallest absolute Gasteiger partial charge is 0.328 e. The maximum Gasteiger partial charge on any atom is 0.350 e. The van der Waals surface area contributed by atoms with Crippen LogP contribution in [0.15, 0.2) is 23.2 Å². The number of rotatable bonds is 4. The maximum absolute atomic E-state index is 11.9. The van der Waals surface area contributed by atoms with E-state index in [4.69, 9.17) is 17.3 Å². The van der Waals surface area contributed by atoms with E-state index in [1.807, 2.05) is 0 Å². The zero-order valence-corrected chi connectivity index (χ0v) is 12.1. The average Bonchev–Trinajstić information content (AvgIpc) is 2.69. The Morgan fingerprint density at radius 1 is 1.52 bits per heavy atom. The van der Waals surface area contributed by atoms with E-state index in [2.05, 4.69) is 0 Å². The van der Waals surface area contributed by atoms with E-state index >= 15 is 0 Å². The molecule has 110 valence electrons. The highest BCUT2D eigenvalue weighted by Gasteiger charge is 2.43. The Hall–Kier alpha value is -1.97. The van der Waals surface area contributed by atoms with E-state index in [0.717, 1.165) is 16.8 Å². The summed E-state index contributed by atoms with van der Waals surface area (Å²) in [6.45, 7) is 0.262. The predicted molar refractivity (Wildman–Crippen MR) is 78.5 cm³/mol. The molecule has 8 nitrogen and oxygen atoms in total. The van der Waals surface area contributed by atoms with Gasteiger partial charge in [0.05, 0.1) is 21.6 Å². The van der Waals surface area contributed by atoms with Crippen molar-refractivity contribution in [2.45, 2.75) is 0 Å². The van der Waals surface area contributed by atoms with Gasteiger partial charge in [-0.15, -0.1) is 0 Å². The fourth-order valence-electron chi connectivity index (χ4n) is 1.67. The molecule has 1 aliphatic heterocycles. The lowest BCUT2D eigenvalue weighted by Crippen LogP contribution is -2.33. The van der Waals surface area contributed by atoms with E-state index in [0.29, 0.717) is 10.4 Å². The maximum atomic E-state index is 11.9. The number of halogens is 1. The molecule has 0 radical (unpaired) electrons. The molecule has 21 heavy (non-hydrogen) atoms. The summed E-state index contributed by atoms with van der Waals surface area (Å²) >= 11 is 6.45. The van der Waals surface area contributed by atoms with Gasteiger partial charge in [-0.25, -0.2) is 0 Å². The second kappa shape index (κ2) is 6.20. The highest BCUT2D eigenvalue weighted by Crippen LogP contribution is 2.33. The summed E-state index contributed by atoms with van der Waals surface area (Å²) in [7, 11) is 0. The number of hydrazine groups is 1. The molecule has 1 aromatic carbocycles. The van der Waals surface area contributed by atoms with Crippen molar-refractivity contribution < 1.29 is 14.6 Å². The average molecular weight is 330 g/mol. The van der Waals surface area contributed by atoms with Crippen molar-refractivity contribution >= 4 is 40.4 Å². The molecule has 1 saturated heterocycles. The van der Waals surface area contributed by atoms with Crippen LogP contribution in [0.3, 0.4) is 0 Å². The molecule has 1 amide bonds. The molecule has 10 heteroatoms. The summed E-state index contributed by atoms with van der Waals surface area (Å²) in [6.07, 6.45) is 1.38. The molecule has 0 unspecified atom stereocenters. The first-order valence-corrected chi connectivity index (χ1v) is 6.95. The van der Waals surface area contributed by atoms with E-state index in [9.17, 15) is 19.8 Å². The fraction of sp³-hybridized carbons (Fsp3) is 0.182. The Kier molecular flexibility index (Phi) is 4.56. The molecule has 0 atom stereocenters. The first-order chi connectivity index (χ1) is 9.93. The number of hydrogen-bond donors (Lipinski definition) is 1. The molecule has 1 aromatic rings. The van der Waals surface area contributed by atoms with Crippen LogP contribution in [0.5, 0.6) is 0 Å². The minimum Gasteiger partial charge on any atom is -0.328 e. The second-order valence-electron chi connectivity index (χ2n) is 4.00. The van der Waals surface area contributed by atoms with E-state index in [1.165, 1.54) is 24.3 Å². The molecule has 2 rings (SSSR count). The molecule has 0 saturated carbocycles. The van der Waals surface area contributed by atoms with Crippen molar-refractivity contribution in [3.8, 4) is 0 Å². The lowest BCUT2D eigenvalue weighted by molar-refractivity contribution is -0.629. The summed E-state index contributed by atoms with van der Waals surface area (Å²) in [5.74, 6) is 0. The van der Waals surface area contributed by atoms with Gasteiger partial charge in [-0.2, -0.15) is 0 Å². The number of carbonyl (C=O) groups excluding carboxylic acids is 1. The molecular weight excluding hydrogens is 320 g/mol. The minimum atomic E-state index is -0.618. The number of thioether (sulfide) groups is 1. The zero-order valence-electron chi connectivity index (χ0n) is 10.6. The summed E-state index contributed by atoms with van der Waals surface area (Å²) in [5, 5.41) is 11.4. The van der Waals surface area contributed by atoms with Gasteiger partial charge in [0.2, 0.25) is 0 Å². The molecule has 1 aliphatic rings. The second-order valence-corrected chi connectivity index (χ2v) is 5.38. The van der Waals surface area contributed by atoms with Crippen molar-refractivity contribution in [1.82, 2.24) is 5.01 Å². The molecular formula is C11H10ClN4O4S+. The van der Waals surface area contributed by atoms with Gasteiger partial charge >= 0.3 is 10.3 Å². The van der Waals surface area contributed by atoms with Crippen LogP contribution in [0.1, 0.15) is 5.56 Å². The van der Waals surface area contributed by atoms with E-state index in [-0.39, 0.29) is 28.8 Å². The van der Waals surface area contributed by atoms with Gasteiger partial charge in [-0.3, -0.25) is 14.9 Å². The van der Waals surface area contributed by atoms with Crippen LogP contribution in [0.4, 0.5) is 10.5 Å². The van der Waals surface area contributed by atoms with Gasteiger partial charge in [0, 0.05) is 18.7 Å². The number of nitro groups is 1. The predicted octanol–water partition coefficient (Wildman–Crippen LogP) is 2.37. The molecule has 0 bridgehead atoms. The number of carbonyl (C=O) groups is 1. The number of nitroso groups, excluding NO2 is 1. The Labute approximate surface area is 128 Å². The normalized spacial score (nSPS) is 16.9. The third kappa shape index (κ3) is 3.20. The Morgan fingerprint density at radius 3 is 2.86 bits per heavy atom. The molecule has 1 fully saturated rings. The summed E-state index contributed by atoms with van der Waals surface area (Å²) in [4.78, 5) is 34.2. The quantitative estimate of drug-likeness (QED) is 0.516. The first-order valence-electron chi connectivity index (χ1n) is 5.76. The molecule has 2 N–H and O–H groups in total. The topological polar surface area (TPSA) is 110 Å². The highest BCUT2D eigenvalue weighted by atomic mass is 35.5. The monoisotopic (exact) mass is 329 g/mol. The highest BCUT2D eigenvalue weighted by molar-refractivity contribution is 8.16. The summed E-state index contributed by atoms with van der Waals surface area (Å²) in [5.41, 5.74) is 5.46. The van der Waals surface area contributed by atoms with Crippen molar-refractivity contribution in [3.05, 3.63) is 48.8 Å². The van der Waals surface area contributed by atoms with Gasteiger partial charge in [0.15, 0.2) is 4.87 Å².